The zero-order chi connectivity index (χ0) is 20.4. The summed E-state index contributed by atoms with van der Waals surface area (Å²) in [5, 5.41) is 20.9. The average molecular weight is 405 g/mol. The molecule has 0 saturated carbocycles. The van der Waals surface area contributed by atoms with Crippen molar-refractivity contribution < 1.29 is 24.5 Å². The van der Waals surface area contributed by atoms with E-state index in [9.17, 15) is 19.8 Å². The summed E-state index contributed by atoms with van der Waals surface area (Å²) in [6, 6.07) is 7.46. The summed E-state index contributed by atoms with van der Waals surface area (Å²) in [5.74, 6) is -1.98. The number of hydrogen-bond acceptors (Lipinski definition) is 7. The van der Waals surface area contributed by atoms with E-state index in [1.165, 1.54) is 49.1 Å². The molecule has 2 aromatic heterocycles. The molecule has 3 rings (SSSR count). The summed E-state index contributed by atoms with van der Waals surface area (Å²) in [6.45, 7) is 0. The van der Waals surface area contributed by atoms with Gasteiger partial charge in [-0.25, -0.2) is 0 Å². The molecule has 3 aromatic rings. The Morgan fingerprint density at radius 1 is 1.25 bits per heavy atom. The third-order valence-corrected chi connectivity index (χ3v) is 4.58. The number of hydrogen-bond donors (Lipinski definition) is 2. The first kappa shape index (κ1) is 19.5. The Kier molecular flexibility index (Phi) is 5.41. The SMILES string of the molecule is COC(=O)C[C@@H](c1ccc(OC)c(O)c1)c1c(O)nc2ccc(Cl)cn2c1=O. The number of benzene rings is 1. The highest BCUT2D eigenvalue weighted by Crippen LogP contribution is 2.36. The van der Waals surface area contributed by atoms with Crippen LogP contribution in [-0.4, -0.2) is 39.8 Å². The standard InChI is InChI=1S/C19H17ClN2O6/c1-27-14-5-3-10(7-13(14)23)12(8-16(24)28-2)17-18(25)21-15-6-4-11(20)9-22(15)19(17)26/h3-7,9,12,23,25H,8H2,1-2H3/t12-/m0/s1. The molecular formula is C19H17ClN2O6. The third kappa shape index (κ3) is 3.59. The minimum absolute atomic E-state index is 0.116. The zero-order valence-electron chi connectivity index (χ0n) is 15.0. The van der Waals surface area contributed by atoms with Crippen LogP contribution in [0.2, 0.25) is 5.02 Å². The molecule has 0 bridgehead atoms. The molecule has 0 aliphatic rings. The Morgan fingerprint density at radius 2 is 2.00 bits per heavy atom. The van der Waals surface area contributed by atoms with E-state index in [2.05, 4.69) is 4.98 Å². The predicted molar refractivity (Wildman–Crippen MR) is 101 cm³/mol. The van der Waals surface area contributed by atoms with Crippen molar-refractivity contribution in [2.45, 2.75) is 12.3 Å². The maximum atomic E-state index is 13.1. The summed E-state index contributed by atoms with van der Waals surface area (Å²) in [7, 11) is 2.62. The number of aromatic hydroxyl groups is 2. The van der Waals surface area contributed by atoms with Gasteiger partial charge in [0.15, 0.2) is 11.5 Å². The molecule has 8 nitrogen and oxygen atoms in total. The normalized spacial score (nSPS) is 12.0. The Morgan fingerprint density at radius 3 is 2.64 bits per heavy atom. The van der Waals surface area contributed by atoms with Crippen LogP contribution in [0.3, 0.4) is 0 Å². The van der Waals surface area contributed by atoms with Crippen LogP contribution in [0.1, 0.15) is 23.5 Å². The minimum Gasteiger partial charge on any atom is -0.504 e. The number of pyridine rings is 1. The number of phenolic OH excluding ortho intramolecular Hbond substituents is 1. The van der Waals surface area contributed by atoms with Gasteiger partial charge in [-0.2, -0.15) is 4.98 Å². The molecular weight excluding hydrogens is 388 g/mol. The number of rotatable bonds is 5. The van der Waals surface area contributed by atoms with Gasteiger partial charge in [-0.3, -0.25) is 14.0 Å². The van der Waals surface area contributed by atoms with Crippen molar-refractivity contribution >= 4 is 23.2 Å². The van der Waals surface area contributed by atoms with E-state index >= 15 is 0 Å². The van der Waals surface area contributed by atoms with Crippen molar-refractivity contribution in [2.75, 3.05) is 14.2 Å². The second kappa shape index (κ2) is 7.77. The van der Waals surface area contributed by atoms with Crippen molar-refractivity contribution in [1.82, 2.24) is 9.38 Å². The van der Waals surface area contributed by atoms with Gasteiger partial charge in [0.1, 0.15) is 5.65 Å². The molecule has 0 radical (unpaired) electrons. The lowest BCUT2D eigenvalue weighted by atomic mass is 9.89. The molecule has 0 fully saturated rings. The number of phenols is 1. The highest BCUT2D eigenvalue weighted by atomic mass is 35.5. The summed E-state index contributed by atoms with van der Waals surface area (Å²) in [4.78, 5) is 29.1. The van der Waals surface area contributed by atoms with E-state index < -0.39 is 23.3 Å². The number of carbonyl (C=O) groups is 1. The number of nitrogens with zero attached hydrogens (tertiary/aromatic N) is 2. The predicted octanol–water partition coefficient (Wildman–Crippen LogP) is 2.46. The number of ether oxygens (including phenoxy) is 2. The Bertz CT molecular complexity index is 1110. The molecule has 9 heteroatoms. The van der Waals surface area contributed by atoms with Crippen LogP contribution in [0.5, 0.6) is 17.4 Å². The molecule has 0 aliphatic heterocycles. The van der Waals surface area contributed by atoms with Crippen molar-refractivity contribution in [2.24, 2.45) is 0 Å². The molecule has 146 valence electrons. The van der Waals surface area contributed by atoms with E-state index in [0.29, 0.717) is 10.6 Å². The number of halogens is 1. The number of carbonyl (C=O) groups excluding carboxylic acids is 1. The lowest BCUT2D eigenvalue weighted by Crippen LogP contribution is -2.24. The lowest BCUT2D eigenvalue weighted by Gasteiger charge is -2.18. The quantitative estimate of drug-likeness (QED) is 0.628. The first-order chi connectivity index (χ1) is 13.3. The lowest BCUT2D eigenvalue weighted by molar-refractivity contribution is -0.140. The first-order valence-corrected chi connectivity index (χ1v) is 8.58. The van der Waals surface area contributed by atoms with Crippen LogP contribution in [0.4, 0.5) is 0 Å². The Balaban J connectivity index is 2.25. The fourth-order valence-corrected chi connectivity index (χ4v) is 3.14. The number of fused-ring (bicyclic) bond motifs is 1. The summed E-state index contributed by atoms with van der Waals surface area (Å²) >= 11 is 5.97. The first-order valence-electron chi connectivity index (χ1n) is 8.20. The van der Waals surface area contributed by atoms with Gasteiger partial charge in [-0.05, 0) is 29.8 Å². The van der Waals surface area contributed by atoms with Gasteiger partial charge in [0.05, 0.1) is 31.2 Å². The van der Waals surface area contributed by atoms with Crippen molar-refractivity contribution in [3.8, 4) is 17.4 Å². The maximum absolute atomic E-state index is 13.1. The molecule has 1 aromatic carbocycles. The largest absolute Gasteiger partial charge is 0.504 e. The van der Waals surface area contributed by atoms with Crippen LogP contribution in [-0.2, 0) is 9.53 Å². The number of methoxy groups -OCH3 is 2. The molecule has 0 amide bonds. The Hall–Kier alpha value is -3.26. The van der Waals surface area contributed by atoms with Gasteiger partial charge >= 0.3 is 5.97 Å². The van der Waals surface area contributed by atoms with Crippen LogP contribution in [0.15, 0.2) is 41.3 Å². The van der Waals surface area contributed by atoms with Crippen LogP contribution in [0, 0.1) is 0 Å². The van der Waals surface area contributed by atoms with Crippen LogP contribution in [0.25, 0.3) is 5.65 Å². The van der Waals surface area contributed by atoms with Gasteiger partial charge in [0.25, 0.3) is 5.56 Å². The van der Waals surface area contributed by atoms with E-state index in [4.69, 9.17) is 21.1 Å². The molecule has 0 spiro atoms. The summed E-state index contributed by atoms with van der Waals surface area (Å²) in [6.07, 6.45) is 1.12. The molecule has 0 unspecified atom stereocenters. The van der Waals surface area contributed by atoms with E-state index in [0.717, 1.165) is 0 Å². The second-order valence-corrected chi connectivity index (χ2v) is 6.43. The second-order valence-electron chi connectivity index (χ2n) is 5.99. The van der Waals surface area contributed by atoms with E-state index in [1.807, 2.05) is 0 Å². The Labute approximate surface area is 164 Å². The van der Waals surface area contributed by atoms with E-state index in [1.54, 1.807) is 6.07 Å². The summed E-state index contributed by atoms with van der Waals surface area (Å²) in [5.41, 5.74) is -0.103. The molecule has 2 heterocycles. The van der Waals surface area contributed by atoms with Gasteiger partial charge in [0, 0.05) is 12.1 Å². The average Bonchev–Trinajstić information content (AvgIpc) is 2.67. The van der Waals surface area contributed by atoms with Crippen LogP contribution < -0.4 is 10.3 Å². The van der Waals surface area contributed by atoms with Crippen LogP contribution >= 0.6 is 11.6 Å². The fourth-order valence-electron chi connectivity index (χ4n) is 2.98. The van der Waals surface area contributed by atoms with Gasteiger partial charge in [-0.1, -0.05) is 17.7 Å². The highest BCUT2D eigenvalue weighted by Gasteiger charge is 2.27. The molecule has 2 N–H and O–H groups in total. The highest BCUT2D eigenvalue weighted by molar-refractivity contribution is 6.30. The number of esters is 1. The van der Waals surface area contributed by atoms with Gasteiger partial charge in [-0.15, -0.1) is 0 Å². The zero-order valence-corrected chi connectivity index (χ0v) is 15.8. The summed E-state index contributed by atoms with van der Waals surface area (Å²) < 4.78 is 10.9. The van der Waals surface area contributed by atoms with Crippen molar-refractivity contribution in [3.63, 3.8) is 0 Å². The van der Waals surface area contributed by atoms with Gasteiger partial charge in [0.2, 0.25) is 5.88 Å². The molecule has 0 saturated heterocycles. The monoisotopic (exact) mass is 404 g/mol. The molecule has 28 heavy (non-hydrogen) atoms. The third-order valence-electron chi connectivity index (χ3n) is 4.35. The number of aromatic nitrogens is 2. The van der Waals surface area contributed by atoms with Crippen molar-refractivity contribution in [1.29, 1.82) is 0 Å². The molecule has 1 atom stereocenters. The smallest absolute Gasteiger partial charge is 0.306 e. The topological polar surface area (TPSA) is 110 Å². The van der Waals surface area contributed by atoms with Gasteiger partial charge < -0.3 is 19.7 Å². The van der Waals surface area contributed by atoms with E-state index in [-0.39, 0.29) is 29.1 Å². The molecule has 0 aliphatic carbocycles. The fraction of sp³-hybridized carbons (Fsp3) is 0.211. The maximum Gasteiger partial charge on any atom is 0.306 e. The minimum atomic E-state index is -0.917. The van der Waals surface area contributed by atoms with Crippen molar-refractivity contribution in [3.05, 3.63) is 63.0 Å².